The number of fused-ring (bicyclic) bond motifs is 1. The Bertz CT molecular complexity index is 722. The lowest BCUT2D eigenvalue weighted by Crippen LogP contribution is -2.45. The Kier molecular flexibility index (Phi) is 4.81. The summed E-state index contributed by atoms with van der Waals surface area (Å²) in [6.07, 6.45) is 1.26. The zero-order chi connectivity index (χ0) is 18.4. The van der Waals surface area contributed by atoms with Gasteiger partial charge in [0.1, 0.15) is 21.8 Å². The molecular formula is C18H23ClN2O3S. The zero-order valence-corrected chi connectivity index (χ0v) is 16.3. The van der Waals surface area contributed by atoms with Gasteiger partial charge in [0, 0.05) is 29.1 Å². The Balaban J connectivity index is 2.01. The molecule has 0 bridgehead atoms. The van der Waals surface area contributed by atoms with Gasteiger partial charge in [0.05, 0.1) is 0 Å². The maximum Gasteiger partial charge on any atom is 0.407 e. The fraction of sp³-hybridized carbons (Fsp3) is 0.556. The van der Waals surface area contributed by atoms with Crippen LogP contribution in [0.15, 0.2) is 22.6 Å². The summed E-state index contributed by atoms with van der Waals surface area (Å²) in [7, 11) is 0. The smallest absolute Gasteiger partial charge is 0.407 e. The molecule has 1 aliphatic carbocycles. The third-order valence-electron chi connectivity index (χ3n) is 5.04. The first-order chi connectivity index (χ1) is 11.6. The van der Waals surface area contributed by atoms with Crippen LogP contribution in [0.1, 0.15) is 44.7 Å². The van der Waals surface area contributed by atoms with Gasteiger partial charge < -0.3 is 14.6 Å². The molecule has 1 aromatic carbocycles. The van der Waals surface area contributed by atoms with Crippen molar-refractivity contribution in [3.05, 3.63) is 34.3 Å². The summed E-state index contributed by atoms with van der Waals surface area (Å²) in [5, 5.41) is 9.90. The van der Waals surface area contributed by atoms with Crippen LogP contribution in [0.2, 0.25) is 5.02 Å². The second-order valence-corrected chi connectivity index (χ2v) is 10.2. The van der Waals surface area contributed by atoms with Crippen LogP contribution in [-0.4, -0.2) is 44.2 Å². The molecule has 7 heteroatoms. The Morgan fingerprint density at radius 2 is 2.00 bits per heavy atom. The fourth-order valence-corrected chi connectivity index (χ4v) is 4.51. The highest BCUT2D eigenvalue weighted by atomic mass is 35.5. The monoisotopic (exact) mass is 382 g/mol. The number of hydrogen-bond acceptors (Lipinski definition) is 3. The highest BCUT2D eigenvalue weighted by Crippen LogP contribution is 2.46. The highest BCUT2D eigenvalue weighted by Gasteiger charge is 2.48. The van der Waals surface area contributed by atoms with E-state index in [0.29, 0.717) is 31.0 Å². The minimum atomic E-state index is -1.36. The predicted molar refractivity (Wildman–Crippen MR) is 101 cm³/mol. The van der Waals surface area contributed by atoms with Gasteiger partial charge in [-0.3, -0.25) is 0 Å². The molecule has 1 fully saturated rings. The zero-order valence-electron chi connectivity index (χ0n) is 14.7. The predicted octanol–water partition coefficient (Wildman–Crippen LogP) is 3.91. The van der Waals surface area contributed by atoms with Gasteiger partial charge in [0.2, 0.25) is 0 Å². The number of likely N-dealkylation sites (tertiary alicyclic amines) is 1. The van der Waals surface area contributed by atoms with Crippen LogP contribution in [0.25, 0.3) is 0 Å². The first kappa shape index (κ1) is 18.5. The topological polar surface area (TPSA) is 76.0 Å². The van der Waals surface area contributed by atoms with Gasteiger partial charge >= 0.3 is 6.09 Å². The second-order valence-electron chi connectivity index (χ2n) is 7.83. The number of amides is 1. The number of rotatable bonds is 1. The van der Waals surface area contributed by atoms with E-state index in [9.17, 15) is 14.5 Å². The van der Waals surface area contributed by atoms with Crippen molar-refractivity contribution in [2.45, 2.75) is 44.8 Å². The summed E-state index contributed by atoms with van der Waals surface area (Å²) >= 11 is 4.80. The minimum absolute atomic E-state index is 0.250. The molecule has 2 aliphatic rings. The van der Waals surface area contributed by atoms with Crippen LogP contribution in [-0.2, 0) is 17.8 Å². The van der Waals surface area contributed by atoms with Crippen LogP contribution in [0, 0.1) is 5.41 Å². The summed E-state index contributed by atoms with van der Waals surface area (Å²) in [4.78, 5) is 12.7. The molecule has 1 N–H and O–H groups in total. The number of carbonyl (C=O) groups is 1. The number of hydrogen-bond donors (Lipinski definition) is 1. The molecule has 0 radical (unpaired) electrons. The summed E-state index contributed by atoms with van der Waals surface area (Å²) in [6, 6.07) is 5.74. The van der Waals surface area contributed by atoms with Crippen molar-refractivity contribution < 1.29 is 14.5 Å². The van der Waals surface area contributed by atoms with Crippen molar-refractivity contribution in [3.8, 4) is 0 Å². The summed E-state index contributed by atoms with van der Waals surface area (Å²) in [6.45, 7) is 6.66. The van der Waals surface area contributed by atoms with Gasteiger partial charge in [-0.25, -0.2) is 4.79 Å². The van der Waals surface area contributed by atoms with Crippen LogP contribution >= 0.6 is 11.6 Å². The average molecular weight is 383 g/mol. The van der Waals surface area contributed by atoms with Crippen molar-refractivity contribution in [3.63, 3.8) is 0 Å². The largest absolute Gasteiger partial charge is 0.591 e. The first-order valence-corrected chi connectivity index (χ1v) is 9.89. The molecule has 5 nitrogen and oxygen atoms in total. The minimum Gasteiger partial charge on any atom is -0.591 e. The Morgan fingerprint density at radius 3 is 2.56 bits per heavy atom. The van der Waals surface area contributed by atoms with Crippen LogP contribution in [0.4, 0.5) is 4.79 Å². The maximum atomic E-state index is 12.7. The number of halogens is 1. The van der Waals surface area contributed by atoms with Gasteiger partial charge in [-0.15, -0.1) is 0 Å². The Morgan fingerprint density at radius 1 is 1.36 bits per heavy atom. The molecular weight excluding hydrogens is 360 g/mol. The average Bonchev–Trinajstić information content (AvgIpc) is 2.79. The second kappa shape index (κ2) is 6.49. The van der Waals surface area contributed by atoms with Gasteiger partial charge in [-0.1, -0.05) is 22.1 Å². The maximum absolute atomic E-state index is 12.7. The lowest BCUT2D eigenvalue weighted by Gasteiger charge is -2.38. The molecule has 25 heavy (non-hydrogen) atoms. The molecule has 1 aromatic rings. The Labute approximate surface area is 156 Å². The quantitative estimate of drug-likeness (QED) is 0.748. The standard InChI is InChI=1S/C18H23ClN2O3S/c1-17(2,3)25(24)20-15-14-5-4-13(19)10-12(14)11-18(15)6-8-21(9-7-18)16(22)23/h4-5,10H,6-9,11H2,1-3H3,(H,22,23). The van der Waals surface area contributed by atoms with Crippen molar-refractivity contribution in [2.24, 2.45) is 9.81 Å². The molecule has 1 saturated heterocycles. The number of carboxylic acid groups (broad SMARTS) is 1. The third kappa shape index (κ3) is 3.52. The molecule has 1 amide bonds. The van der Waals surface area contributed by atoms with Crippen LogP contribution < -0.4 is 0 Å². The van der Waals surface area contributed by atoms with E-state index in [1.807, 2.05) is 39.0 Å². The summed E-state index contributed by atoms with van der Waals surface area (Å²) in [5.41, 5.74) is 2.73. The molecule has 0 aromatic heterocycles. The molecule has 1 heterocycles. The van der Waals surface area contributed by atoms with E-state index >= 15 is 0 Å². The van der Waals surface area contributed by atoms with Gasteiger partial charge in [-0.2, -0.15) is 0 Å². The number of nitrogens with zero attached hydrogens (tertiary/aromatic N) is 2. The van der Waals surface area contributed by atoms with Crippen molar-refractivity contribution in [1.29, 1.82) is 0 Å². The lowest BCUT2D eigenvalue weighted by atomic mass is 9.74. The molecule has 1 aliphatic heterocycles. The molecule has 1 spiro atoms. The van der Waals surface area contributed by atoms with E-state index in [-0.39, 0.29) is 5.41 Å². The molecule has 0 saturated carbocycles. The highest BCUT2D eigenvalue weighted by molar-refractivity contribution is 7.91. The molecule has 1 unspecified atom stereocenters. The van der Waals surface area contributed by atoms with E-state index in [2.05, 4.69) is 4.40 Å². The van der Waals surface area contributed by atoms with E-state index < -0.39 is 22.2 Å². The molecule has 3 rings (SSSR count). The molecule has 136 valence electrons. The van der Waals surface area contributed by atoms with Crippen molar-refractivity contribution >= 4 is 34.8 Å². The number of piperidine rings is 1. The lowest BCUT2D eigenvalue weighted by molar-refractivity contribution is 0.115. The first-order valence-electron chi connectivity index (χ1n) is 8.40. The normalized spacial score (nSPS) is 22.3. The third-order valence-corrected chi connectivity index (χ3v) is 6.67. The van der Waals surface area contributed by atoms with Crippen LogP contribution in [0.5, 0.6) is 0 Å². The summed E-state index contributed by atoms with van der Waals surface area (Å²) < 4.78 is 16.9. The van der Waals surface area contributed by atoms with Crippen molar-refractivity contribution in [2.75, 3.05) is 13.1 Å². The Hall–Kier alpha value is -1.24. The van der Waals surface area contributed by atoms with E-state index in [4.69, 9.17) is 11.6 Å². The van der Waals surface area contributed by atoms with Crippen LogP contribution in [0.3, 0.4) is 0 Å². The summed E-state index contributed by atoms with van der Waals surface area (Å²) in [5.74, 6) is 0. The van der Waals surface area contributed by atoms with Gasteiger partial charge in [-0.05, 0) is 57.7 Å². The van der Waals surface area contributed by atoms with Gasteiger partial charge in [0.25, 0.3) is 0 Å². The SMILES string of the molecule is CC(C)(C)[S+]([O-])N=C1c2ccc(Cl)cc2CC12CCN(C(=O)O)CC2. The van der Waals surface area contributed by atoms with E-state index in [0.717, 1.165) is 23.3 Å². The number of benzene rings is 1. The van der Waals surface area contributed by atoms with Crippen molar-refractivity contribution in [1.82, 2.24) is 4.90 Å². The van der Waals surface area contributed by atoms with E-state index in [1.165, 1.54) is 4.90 Å². The van der Waals surface area contributed by atoms with Gasteiger partial charge in [0.15, 0.2) is 0 Å². The van der Waals surface area contributed by atoms with E-state index in [1.54, 1.807) is 0 Å². The molecule has 1 atom stereocenters. The fourth-order valence-electron chi connectivity index (χ4n) is 3.58.